The molecule has 1 rings (SSSR count). The Morgan fingerprint density at radius 3 is 2.82 bits per heavy atom. The van der Waals surface area contributed by atoms with Gasteiger partial charge in [0.15, 0.2) is 0 Å². The molecule has 0 aliphatic rings. The second-order valence-corrected chi connectivity index (χ2v) is 4.18. The Kier molecular flexibility index (Phi) is 5.22. The van der Waals surface area contributed by atoms with Crippen molar-refractivity contribution in [3.63, 3.8) is 0 Å². The molecule has 5 heteroatoms. The molecule has 1 N–H and O–H groups in total. The molecule has 0 saturated carbocycles. The summed E-state index contributed by atoms with van der Waals surface area (Å²) in [6.45, 7) is 2.24. The molecule has 1 aromatic carbocycles. The third-order valence-corrected chi connectivity index (χ3v) is 2.81. The summed E-state index contributed by atoms with van der Waals surface area (Å²) >= 11 is 5.86. The number of carbonyl (C=O) groups is 1. The van der Waals surface area contributed by atoms with Crippen molar-refractivity contribution in [3.8, 4) is 5.75 Å². The summed E-state index contributed by atoms with van der Waals surface area (Å²) in [4.78, 5) is 11.6. The van der Waals surface area contributed by atoms with Crippen LogP contribution in [-0.4, -0.2) is 24.9 Å². The molecule has 1 amide bonds. The first-order valence-corrected chi connectivity index (χ1v) is 5.78. The zero-order valence-corrected chi connectivity index (χ0v) is 10.6. The van der Waals surface area contributed by atoms with Gasteiger partial charge < -0.3 is 10.1 Å². The summed E-state index contributed by atoms with van der Waals surface area (Å²) in [5, 5.41) is 2.44. The van der Waals surface area contributed by atoms with Gasteiger partial charge in [-0.15, -0.1) is 11.6 Å². The standard InChI is InChI=1S/C12H15ClFNO2/c1-3-8(13)7-15-12(16)10-5-4-9(17-2)6-11(10)14/h4-6,8H,3,7H2,1-2H3,(H,15,16). The predicted molar refractivity (Wildman–Crippen MR) is 65.2 cm³/mol. The molecule has 17 heavy (non-hydrogen) atoms. The van der Waals surface area contributed by atoms with E-state index in [1.807, 2.05) is 6.92 Å². The lowest BCUT2D eigenvalue weighted by Gasteiger charge is -2.09. The molecular weight excluding hydrogens is 245 g/mol. The van der Waals surface area contributed by atoms with Crippen molar-refractivity contribution in [2.75, 3.05) is 13.7 Å². The van der Waals surface area contributed by atoms with Crippen molar-refractivity contribution < 1.29 is 13.9 Å². The van der Waals surface area contributed by atoms with E-state index in [9.17, 15) is 9.18 Å². The van der Waals surface area contributed by atoms with Gasteiger partial charge in [-0.1, -0.05) is 6.92 Å². The minimum absolute atomic E-state index is 0.00855. The lowest BCUT2D eigenvalue weighted by molar-refractivity contribution is 0.0949. The van der Waals surface area contributed by atoms with Gasteiger partial charge in [-0.2, -0.15) is 0 Å². The molecule has 0 radical (unpaired) electrons. The van der Waals surface area contributed by atoms with Crippen LogP contribution in [0.1, 0.15) is 23.7 Å². The largest absolute Gasteiger partial charge is 0.497 e. The van der Waals surface area contributed by atoms with E-state index in [2.05, 4.69) is 5.32 Å². The van der Waals surface area contributed by atoms with Crippen LogP contribution in [0.25, 0.3) is 0 Å². The minimum atomic E-state index is -0.607. The highest BCUT2D eigenvalue weighted by Gasteiger charge is 2.13. The fraction of sp³-hybridized carbons (Fsp3) is 0.417. The molecule has 0 heterocycles. The third-order valence-electron chi connectivity index (χ3n) is 2.35. The molecule has 0 bridgehead atoms. The fourth-order valence-electron chi connectivity index (χ4n) is 1.25. The van der Waals surface area contributed by atoms with Crippen molar-refractivity contribution in [2.24, 2.45) is 0 Å². The Hall–Kier alpha value is -1.29. The number of halogens is 2. The van der Waals surface area contributed by atoms with E-state index in [1.165, 1.54) is 25.3 Å². The van der Waals surface area contributed by atoms with Crippen molar-refractivity contribution in [1.29, 1.82) is 0 Å². The van der Waals surface area contributed by atoms with Crippen LogP contribution in [0.4, 0.5) is 4.39 Å². The average molecular weight is 260 g/mol. The van der Waals surface area contributed by atoms with E-state index in [0.29, 0.717) is 12.3 Å². The zero-order chi connectivity index (χ0) is 12.8. The van der Waals surface area contributed by atoms with Crippen LogP contribution in [0.3, 0.4) is 0 Å². The molecule has 0 aliphatic heterocycles. The van der Waals surface area contributed by atoms with Gasteiger partial charge in [0.25, 0.3) is 5.91 Å². The van der Waals surface area contributed by atoms with Crippen molar-refractivity contribution in [2.45, 2.75) is 18.7 Å². The summed E-state index contributed by atoms with van der Waals surface area (Å²) in [5.74, 6) is -0.698. The van der Waals surface area contributed by atoms with Crippen LogP contribution in [0, 0.1) is 5.82 Å². The summed E-state index contributed by atoms with van der Waals surface area (Å²) in [7, 11) is 1.44. The van der Waals surface area contributed by atoms with E-state index in [0.717, 1.165) is 6.42 Å². The number of methoxy groups -OCH3 is 1. The van der Waals surface area contributed by atoms with Gasteiger partial charge in [0.2, 0.25) is 0 Å². The summed E-state index contributed by atoms with van der Waals surface area (Å²) in [6.07, 6.45) is 0.743. The Balaban J connectivity index is 2.69. The smallest absolute Gasteiger partial charge is 0.254 e. The highest BCUT2D eigenvalue weighted by atomic mass is 35.5. The summed E-state index contributed by atoms with van der Waals surface area (Å²) < 4.78 is 18.4. The van der Waals surface area contributed by atoms with Gasteiger partial charge in [-0.05, 0) is 18.6 Å². The van der Waals surface area contributed by atoms with Crippen LogP contribution in [0.15, 0.2) is 18.2 Å². The quantitative estimate of drug-likeness (QED) is 0.826. The lowest BCUT2D eigenvalue weighted by atomic mass is 10.2. The van der Waals surface area contributed by atoms with Crippen molar-refractivity contribution in [3.05, 3.63) is 29.6 Å². The number of ether oxygens (including phenoxy) is 1. The summed E-state index contributed by atoms with van der Waals surface area (Å²) in [5.41, 5.74) is -0.00855. The van der Waals surface area contributed by atoms with E-state index < -0.39 is 11.7 Å². The Morgan fingerprint density at radius 1 is 1.59 bits per heavy atom. The van der Waals surface area contributed by atoms with Crippen LogP contribution in [0.2, 0.25) is 0 Å². The lowest BCUT2D eigenvalue weighted by Crippen LogP contribution is -2.30. The van der Waals surface area contributed by atoms with E-state index >= 15 is 0 Å². The molecule has 3 nitrogen and oxygen atoms in total. The monoisotopic (exact) mass is 259 g/mol. The number of hydrogen-bond acceptors (Lipinski definition) is 2. The molecule has 1 unspecified atom stereocenters. The maximum Gasteiger partial charge on any atom is 0.254 e. The number of amides is 1. The first kappa shape index (κ1) is 13.8. The number of carbonyl (C=O) groups excluding carboxylic acids is 1. The van der Waals surface area contributed by atoms with Crippen LogP contribution >= 0.6 is 11.6 Å². The van der Waals surface area contributed by atoms with Crippen LogP contribution in [-0.2, 0) is 0 Å². The maximum atomic E-state index is 13.5. The first-order valence-electron chi connectivity index (χ1n) is 5.34. The Bertz CT molecular complexity index is 398. The van der Waals surface area contributed by atoms with Gasteiger partial charge in [-0.25, -0.2) is 4.39 Å². The van der Waals surface area contributed by atoms with Gasteiger partial charge >= 0.3 is 0 Å². The predicted octanol–water partition coefficient (Wildman–Crippen LogP) is 2.58. The highest BCUT2D eigenvalue weighted by Crippen LogP contribution is 2.16. The molecule has 94 valence electrons. The summed E-state index contributed by atoms with van der Waals surface area (Å²) in [6, 6.07) is 4.10. The number of benzene rings is 1. The second-order valence-electron chi connectivity index (χ2n) is 3.56. The maximum absolute atomic E-state index is 13.5. The van der Waals surface area contributed by atoms with Crippen molar-refractivity contribution >= 4 is 17.5 Å². The molecule has 1 aromatic rings. The van der Waals surface area contributed by atoms with E-state index in [1.54, 1.807) is 0 Å². The topological polar surface area (TPSA) is 38.3 Å². The number of rotatable bonds is 5. The minimum Gasteiger partial charge on any atom is -0.497 e. The Morgan fingerprint density at radius 2 is 2.29 bits per heavy atom. The van der Waals surface area contributed by atoms with Gasteiger partial charge in [0.05, 0.1) is 18.1 Å². The van der Waals surface area contributed by atoms with E-state index in [4.69, 9.17) is 16.3 Å². The molecular formula is C12H15ClFNO2. The SMILES string of the molecule is CCC(Cl)CNC(=O)c1ccc(OC)cc1F. The number of hydrogen-bond donors (Lipinski definition) is 1. The molecule has 0 aromatic heterocycles. The van der Waals surface area contributed by atoms with Gasteiger partial charge in [-0.3, -0.25) is 4.79 Å². The van der Waals surface area contributed by atoms with Gasteiger partial charge in [0.1, 0.15) is 11.6 Å². The molecule has 0 spiro atoms. The Labute approximate surface area is 105 Å². The van der Waals surface area contributed by atoms with E-state index in [-0.39, 0.29) is 10.9 Å². The first-order chi connectivity index (χ1) is 8.08. The normalized spacial score (nSPS) is 12.0. The zero-order valence-electron chi connectivity index (χ0n) is 9.80. The number of nitrogens with one attached hydrogen (secondary N) is 1. The second kappa shape index (κ2) is 6.45. The fourth-order valence-corrected chi connectivity index (χ4v) is 1.33. The highest BCUT2D eigenvalue weighted by molar-refractivity contribution is 6.20. The van der Waals surface area contributed by atoms with Crippen molar-refractivity contribution in [1.82, 2.24) is 5.32 Å². The van der Waals surface area contributed by atoms with Crippen LogP contribution < -0.4 is 10.1 Å². The molecule has 0 aliphatic carbocycles. The molecule has 0 saturated heterocycles. The third kappa shape index (κ3) is 3.89. The van der Waals surface area contributed by atoms with Gasteiger partial charge in [0, 0.05) is 12.6 Å². The number of alkyl halides is 1. The average Bonchev–Trinajstić information content (AvgIpc) is 2.35. The molecule has 0 fully saturated rings. The molecule has 1 atom stereocenters. The van der Waals surface area contributed by atoms with Crippen LogP contribution in [0.5, 0.6) is 5.75 Å².